The molecular formula is C15H25NO5. The summed E-state index contributed by atoms with van der Waals surface area (Å²) in [7, 11) is 0. The number of amides is 1. The van der Waals surface area contributed by atoms with Crippen molar-refractivity contribution in [3.8, 4) is 0 Å². The summed E-state index contributed by atoms with van der Waals surface area (Å²) in [6.07, 6.45) is 0.588. The van der Waals surface area contributed by atoms with E-state index in [1.165, 1.54) is 0 Å². The number of Topliss-reactive ketones (excluding diaryl/α,β-unsaturated/α-hetero) is 1. The van der Waals surface area contributed by atoms with Gasteiger partial charge in [-0.05, 0) is 27.7 Å². The van der Waals surface area contributed by atoms with Crippen LogP contribution in [-0.4, -0.2) is 55.0 Å². The fourth-order valence-corrected chi connectivity index (χ4v) is 2.06. The van der Waals surface area contributed by atoms with E-state index in [4.69, 9.17) is 9.47 Å². The molecule has 1 amide bonds. The standard InChI is InChI=1S/C15H25NO5/c1-5-20-10-12(9-17)13(18)6-11-7-16(8-11)14(19)21-15(2,3)4/h9,11-12H,5-8,10H2,1-4H3. The Morgan fingerprint density at radius 2 is 1.95 bits per heavy atom. The van der Waals surface area contributed by atoms with E-state index in [0.717, 1.165) is 0 Å². The molecule has 21 heavy (non-hydrogen) atoms. The van der Waals surface area contributed by atoms with Gasteiger partial charge in [0.05, 0.1) is 12.5 Å². The molecule has 0 spiro atoms. The Balaban J connectivity index is 2.32. The lowest BCUT2D eigenvalue weighted by molar-refractivity contribution is -0.131. The first-order valence-electron chi connectivity index (χ1n) is 7.30. The van der Waals surface area contributed by atoms with E-state index in [2.05, 4.69) is 0 Å². The molecule has 0 saturated carbocycles. The fourth-order valence-electron chi connectivity index (χ4n) is 2.06. The minimum absolute atomic E-state index is 0.106. The molecule has 1 saturated heterocycles. The Morgan fingerprint density at radius 3 is 2.43 bits per heavy atom. The summed E-state index contributed by atoms with van der Waals surface area (Å²) in [6, 6.07) is 0. The number of ketones is 1. The van der Waals surface area contributed by atoms with Crippen LogP contribution in [0, 0.1) is 11.8 Å². The maximum Gasteiger partial charge on any atom is 0.410 e. The number of ether oxygens (including phenoxy) is 2. The minimum Gasteiger partial charge on any atom is -0.444 e. The van der Waals surface area contributed by atoms with E-state index in [1.54, 1.807) is 4.90 Å². The molecule has 0 aliphatic carbocycles. The highest BCUT2D eigenvalue weighted by Gasteiger charge is 2.35. The first kappa shape index (κ1) is 17.6. The van der Waals surface area contributed by atoms with Crippen LogP contribution in [0.3, 0.4) is 0 Å². The van der Waals surface area contributed by atoms with Crippen molar-refractivity contribution >= 4 is 18.2 Å². The van der Waals surface area contributed by atoms with E-state index < -0.39 is 11.5 Å². The molecule has 1 rings (SSSR count). The molecule has 6 nitrogen and oxygen atoms in total. The van der Waals surface area contributed by atoms with Crippen molar-refractivity contribution in [1.82, 2.24) is 4.90 Å². The maximum absolute atomic E-state index is 11.9. The average Bonchev–Trinajstić information content (AvgIpc) is 2.31. The molecule has 0 N–H and O–H groups in total. The number of carbonyl (C=O) groups excluding carboxylic acids is 3. The SMILES string of the molecule is CCOCC(C=O)C(=O)CC1CN(C(=O)OC(C)(C)C)C1. The van der Waals surface area contributed by atoms with Crippen molar-refractivity contribution in [2.24, 2.45) is 11.8 Å². The molecule has 0 aromatic carbocycles. The monoisotopic (exact) mass is 299 g/mol. The summed E-state index contributed by atoms with van der Waals surface area (Å²) < 4.78 is 10.4. The van der Waals surface area contributed by atoms with Crippen LogP contribution < -0.4 is 0 Å². The summed E-state index contributed by atoms with van der Waals surface area (Å²) in [5, 5.41) is 0. The van der Waals surface area contributed by atoms with Gasteiger partial charge in [0.1, 0.15) is 17.7 Å². The molecule has 1 aliphatic heterocycles. The number of likely N-dealkylation sites (tertiary alicyclic amines) is 1. The summed E-state index contributed by atoms with van der Waals surface area (Å²) in [5.74, 6) is -0.707. The predicted octanol–water partition coefficient (Wildman–Crippen LogP) is 1.66. The molecule has 6 heteroatoms. The van der Waals surface area contributed by atoms with Gasteiger partial charge in [0, 0.05) is 32.0 Å². The molecule has 120 valence electrons. The van der Waals surface area contributed by atoms with Gasteiger partial charge in [0.15, 0.2) is 0 Å². The van der Waals surface area contributed by atoms with Crippen molar-refractivity contribution in [3.05, 3.63) is 0 Å². The van der Waals surface area contributed by atoms with Crippen molar-refractivity contribution in [3.63, 3.8) is 0 Å². The number of hydrogen-bond acceptors (Lipinski definition) is 5. The summed E-state index contributed by atoms with van der Waals surface area (Å²) >= 11 is 0. The molecule has 0 radical (unpaired) electrons. The quantitative estimate of drug-likeness (QED) is 0.528. The number of aldehydes is 1. The van der Waals surface area contributed by atoms with Crippen LogP contribution in [0.1, 0.15) is 34.1 Å². The van der Waals surface area contributed by atoms with Crippen LogP contribution in [0.25, 0.3) is 0 Å². The van der Waals surface area contributed by atoms with Gasteiger partial charge in [0.2, 0.25) is 0 Å². The molecule has 1 atom stereocenters. The molecule has 0 aromatic rings. The zero-order valence-electron chi connectivity index (χ0n) is 13.3. The molecule has 0 bridgehead atoms. The maximum atomic E-state index is 11.9. The minimum atomic E-state index is -0.694. The molecule has 1 unspecified atom stereocenters. The van der Waals surface area contributed by atoms with Crippen molar-refractivity contribution in [2.75, 3.05) is 26.3 Å². The Labute approximate surface area is 125 Å². The Kier molecular flexibility index (Phi) is 6.33. The van der Waals surface area contributed by atoms with Crippen molar-refractivity contribution in [1.29, 1.82) is 0 Å². The second-order valence-electron chi connectivity index (χ2n) is 6.32. The Bertz CT molecular complexity index is 382. The molecule has 1 heterocycles. The topological polar surface area (TPSA) is 72.9 Å². The first-order chi connectivity index (χ1) is 9.76. The van der Waals surface area contributed by atoms with Crippen LogP contribution in [0.2, 0.25) is 0 Å². The van der Waals surface area contributed by atoms with Gasteiger partial charge in [-0.3, -0.25) is 4.79 Å². The Hall–Kier alpha value is -1.43. The summed E-state index contributed by atoms with van der Waals surface area (Å²) in [4.78, 5) is 36.1. The third kappa shape index (κ3) is 5.83. The lowest BCUT2D eigenvalue weighted by Gasteiger charge is -2.39. The van der Waals surface area contributed by atoms with Gasteiger partial charge in [-0.25, -0.2) is 4.79 Å². The van der Waals surface area contributed by atoms with E-state index in [0.29, 0.717) is 32.4 Å². The Morgan fingerprint density at radius 1 is 1.33 bits per heavy atom. The second kappa shape index (κ2) is 7.54. The highest BCUT2D eigenvalue weighted by molar-refractivity contribution is 5.93. The van der Waals surface area contributed by atoms with Crippen LogP contribution in [0.5, 0.6) is 0 Å². The number of carbonyl (C=O) groups is 3. The number of rotatable bonds is 7. The van der Waals surface area contributed by atoms with Crippen LogP contribution in [-0.2, 0) is 19.1 Å². The molecule has 1 fully saturated rings. The highest BCUT2D eigenvalue weighted by atomic mass is 16.6. The van der Waals surface area contributed by atoms with Gasteiger partial charge in [-0.1, -0.05) is 0 Å². The molecule has 1 aliphatic rings. The van der Waals surface area contributed by atoms with Gasteiger partial charge in [-0.2, -0.15) is 0 Å². The lowest BCUT2D eigenvalue weighted by atomic mass is 9.90. The average molecular weight is 299 g/mol. The third-order valence-electron chi connectivity index (χ3n) is 3.18. The summed E-state index contributed by atoms with van der Waals surface area (Å²) in [5.41, 5.74) is -0.516. The lowest BCUT2D eigenvalue weighted by Crippen LogP contribution is -2.52. The fraction of sp³-hybridized carbons (Fsp3) is 0.800. The van der Waals surface area contributed by atoms with Crippen LogP contribution >= 0.6 is 0 Å². The first-order valence-corrected chi connectivity index (χ1v) is 7.30. The normalized spacial score (nSPS) is 17.0. The van der Waals surface area contributed by atoms with Crippen LogP contribution in [0.15, 0.2) is 0 Å². The number of nitrogens with zero attached hydrogens (tertiary/aromatic N) is 1. The highest BCUT2D eigenvalue weighted by Crippen LogP contribution is 2.23. The van der Waals surface area contributed by atoms with Gasteiger partial charge in [-0.15, -0.1) is 0 Å². The molecular weight excluding hydrogens is 274 g/mol. The van der Waals surface area contributed by atoms with Crippen LogP contribution in [0.4, 0.5) is 4.79 Å². The van der Waals surface area contributed by atoms with E-state index in [9.17, 15) is 14.4 Å². The van der Waals surface area contributed by atoms with Gasteiger partial charge >= 0.3 is 6.09 Å². The zero-order chi connectivity index (χ0) is 16.0. The smallest absolute Gasteiger partial charge is 0.410 e. The van der Waals surface area contributed by atoms with Crippen molar-refractivity contribution < 1.29 is 23.9 Å². The number of hydrogen-bond donors (Lipinski definition) is 0. The zero-order valence-corrected chi connectivity index (χ0v) is 13.3. The van der Waals surface area contributed by atoms with Crippen molar-refractivity contribution in [2.45, 2.75) is 39.7 Å². The summed E-state index contributed by atoms with van der Waals surface area (Å²) in [6.45, 7) is 8.88. The van der Waals surface area contributed by atoms with E-state index in [-0.39, 0.29) is 24.4 Å². The van der Waals surface area contributed by atoms with E-state index >= 15 is 0 Å². The predicted molar refractivity (Wildman–Crippen MR) is 77.0 cm³/mol. The van der Waals surface area contributed by atoms with Gasteiger partial charge in [0.25, 0.3) is 0 Å². The third-order valence-corrected chi connectivity index (χ3v) is 3.18. The molecule has 0 aromatic heterocycles. The largest absolute Gasteiger partial charge is 0.444 e. The van der Waals surface area contributed by atoms with E-state index in [1.807, 2.05) is 27.7 Å². The second-order valence-corrected chi connectivity index (χ2v) is 6.32. The van der Waals surface area contributed by atoms with Gasteiger partial charge < -0.3 is 19.2 Å².